The molecule has 2 N–H and O–H groups in total. The molecule has 18 heavy (non-hydrogen) atoms. The Labute approximate surface area is 108 Å². The van der Waals surface area contributed by atoms with Crippen LogP contribution in [0.1, 0.15) is 50.3 Å². The number of aromatic nitrogens is 2. The van der Waals surface area contributed by atoms with Crippen LogP contribution in [0, 0.1) is 6.92 Å². The number of aryl methyl sites for hydroxylation is 1. The molecule has 1 rings (SSSR count). The summed E-state index contributed by atoms with van der Waals surface area (Å²) < 4.78 is 0. The minimum Gasteiger partial charge on any atom is -0.354 e. The highest BCUT2D eigenvalue weighted by Gasteiger charge is 2.20. The van der Waals surface area contributed by atoms with E-state index in [1.54, 1.807) is 6.07 Å². The van der Waals surface area contributed by atoms with Crippen LogP contribution in [0.25, 0.3) is 0 Å². The molecule has 100 valence electrons. The first kappa shape index (κ1) is 14.4. The Morgan fingerprint density at radius 3 is 2.56 bits per heavy atom. The van der Waals surface area contributed by atoms with Gasteiger partial charge in [0.25, 0.3) is 5.91 Å². The number of carbonyl (C=O) groups excluding carboxylic acids is 1. The first-order chi connectivity index (χ1) is 8.38. The van der Waals surface area contributed by atoms with Crippen LogP contribution in [-0.2, 0) is 0 Å². The van der Waals surface area contributed by atoms with Crippen LogP contribution < -0.4 is 10.6 Å². The van der Waals surface area contributed by atoms with Gasteiger partial charge in [-0.05, 0) is 40.2 Å². The predicted octanol–water partition coefficient (Wildman–Crippen LogP) is 2.14. The predicted molar refractivity (Wildman–Crippen MR) is 72.8 cm³/mol. The van der Waals surface area contributed by atoms with Gasteiger partial charge in [0, 0.05) is 17.8 Å². The van der Waals surface area contributed by atoms with E-state index in [0.717, 1.165) is 18.7 Å². The number of rotatable bonds is 5. The highest BCUT2D eigenvalue weighted by molar-refractivity contribution is 5.93. The summed E-state index contributed by atoms with van der Waals surface area (Å²) in [5, 5.41) is 5.98. The zero-order valence-corrected chi connectivity index (χ0v) is 11.8. The second kappa shape index (κ2) is 5.80. The van der Waals surface area contributed by atoms with Crippen molar-refractivity contribution in [1.82, 2.24) is 15.3 Å². The number of amides is 1. The van der Waals surface area contributed by atoms with E-state index in [0.29, 0.717) is 11.6 Å². The fourth-order valence-electron chi connectivity index (χ4n) is 1.38. The van der Waals surface area contributed by atoms with Crippen LogP contribution >= 0.6 is 0 Å². The summed E-state index contributed by atoms with van der Waals surface area (Å²) >= 11 is 0. The zero-order chi connectivity index (χ0) is 13.8. The molecule has 0 aliphatic heterocycles. The molecule has 0 saturated carbocycles. The Bertz CT molecular complexity index is 429. The molecule has 0 spiro atoms. The first-order valence-corrected chi connectivity index (χ1v) is 6.30. The third-order valence-corrected chi connectivity index (χ3v) is 2.76. The van der Waals surface area contributed by atoms with E-state index in [1.807, 2.05) is 34.6 Å². The second-order valence-electron chi connectivity index (χ2n) is 4.94. The average Bonchev–Trinajstić information content (AvgIpc) is 2.28. The van der Waals surface area contributed by atoms with E-state index >= 15 is 0 Å². The van der Waals surface area contributed by atoms with Crippen LogP contribution in [0.4, 0.5) is 5.95 Å². The van der Waals surface area contributed by atoms with E-state index < -0.39 is 0 Å². The molecular formula is C13H22N4O. The van der Waals surface area contributed by atoms with Gasteiger partial charge in [-0.3, -0.25) is 4.79 Å². The molecule has 1 aromatic rings. The summed E-state index contributed by atoms with van der Waals surface area (Å²) in [6.07, 6.45) is 0.864. The van der Waals surface area contributed by atoms with Crippen molar-refractivity contribution in [2.24, 2.45) is 0 Å². The number of hydrogen-bond acceptors (Lipinski definition) is 4. The van der Waals surface area contributed by atoms with Crippen molar-refractivity contribution in [2.45, 2.75) is 46.6 Å². The number of nitrogens with one attached hydrogen (secondary N) is 2. The lowest BCUT2D eigenvalue weighted by Crippen LogP contribution is -2.43. The molecule has 5 nitrogen and oxygen atoms in total. The molecule has 1 heterocycles. The van der Waals surface area contributed by atoms with Gasteiger partial charge in [-0.15, -0.1) is 0 Å². The fraction of sp³-hybridized carbons (Fsp3) is 0.615. The van der Waals surface area contributed by atoms with Gasteiger partial charge >= 0.3 is 0 Å². The Morgan fingerprint density at radius 1 is 1.33 bits per heavy atom. The summed E-state index contributed by atoms with van der Waals surface area (Å²) in [5.74, 6) is 0.337. The maximum absolute atomic E-state index is 12.1. The van der Waals surface area contributed by atoms with Gasteiger partial charge in [0.1, 0.15) is 5.69 Å². The molecule has 0 aliphatic carbocycles. The highest BCUT2D eigenvalue weighted by atomic mass is 16.2. The van der Waals surface area contributed by atoms with E-state index in [9.17, 15) is 4.79 Å². The Balaban J connectivity index is 2.92. The van der Waals surface area contributed by atoms with E-state index in [4.69, 9.17) is 0 Å². The standard InChI is InChI=1S/C13H22N4O/c1-6-13(4,5)17-11(18)10-8-9(3)15-12(16-10)14-7-2/h8H,6-7H2,1-5H3,(H,17,18)(H,14,15,16). The quantitative estimate of drug-likeness (QED) is 0.840. The molecule has 0 unspecified atom stereocenters. The zero-order valence-electron chi connectivity index (χ0n) is 11.8. The third kappa shape index (κ3) is 3.98. The smallest absolute Gasteiger partial charge is 0.270 e. The summed E-state index contributed by atoms with van der Waals surface area (Å²) in [7, 11) is 0. The molecule has 0 fully saturated rings. The summed E-state index contributed by atoms with van der Waals surface area (Å²) in [5.41, 5.74) is 0.953. The molecular weight excluding hydrogens is 228 g/mol. The van der Waals surface area contributed by atoms with E-state index in [2.05, 4.69) is 20.6 Å². The van der Waals surface area contributed by atoms with Gasteiger partial charge in [0.15, 0.2) is 0 Å². The Kier molecular flexibility index (Phi) is 4.64. The molecule has 0 radical (unpaired) electrons. The van der Waals surface area contributed by atoms with Gasteiger partial charge in [0.2, 0.25) is 5.95 Å². The molecule has 0 aromatic carbocycles. The van der Waals surface area contributed by atoms with Crippen LogP contribution in [-0.4, -0.2) is 28.0 Å². The third-order valence-electron chi connectivity index (χ3n) is 2.76. The maximum Gasteiger partial charge on any atom is 0.270 e. The number of hydrogen-bond donors (Lipinski definition) is 2. The minimum atomic E-state index is -0.228. The van der Waals surface area contributed by atoms with Crippen LogP contribution in [0.15, 0.2) is 6.07 Å². The number of nitrogens with zero attached hydrogens (tertiary/aromatic N) is 2. The summed E-state index contributed by atoms with van der Waals surface area (Å²) in [4.78, 5) is 20.5. The van der Waals surface area contributed by atoms with Crippen LogP contribution in [0.2, 0.25) is 0 Å². The SMILES string of the molecule is CCNc1nc(C)cc(C(=O)NC(C)(C)CC)n1. The Morgan fingerprint density at radius 2 is 2.00 bits per heavy atom. The normalized spacial score (nSPS) is 11.2. The monoisotopic (exact) mass is 250 g/mol. The van der Waals surface area contributed by atoms with Crippen molar-refractivity contribution in [3.8, 4) is 0 Å². The van der Waals surface area contributed by atoms with Gasteiger partial charge in [-0.2, -0.15) is 0 Å². The fourth-order valence-corrected chi connectivity index (χ4v) is 1.38. The van der Waals surface area contributed by atoms with Gasteiger partial charge < -0.3 is 10.6 Å². The lowest BCUT2D eigenvalue weighted by Gasteiger charge is -2.24. The van der Waals surface area contributed by atoms with Crippen molar-refractivity contribution in [2.75, 3.05) is 11.9 Å². The van der Waals surface area contributed by atoms with E-state index in [-0.39, 0.29) is 11.4 Å². The van der Waals surface area contributed by atoms with Crippen molar-refractivity contribution in [3.05, 3.63) is 17.5 Å². The summed E-state index contributed by atoms with van der Waals surface area (Å²) in [6.45, 7) is 10.6. The molecule has 0 aliphatic rings. The lowest BCUT2D eigenvalue weighted by molar-refractivity contribution is 0.0906. The van der Waals surface area contributed by atoms with Gasteiger partial charge in [-0.1, -0.05) is 6.92 Å². The number of anilines is 1. The van der Waals surface area contributed by atoms with Crippen molar-refractivity contribution >= 4 is 11.9 Å². The van der Waals surface area contributed by atoms with E-state index in [1.165, 1.54) is 0 Å². The lowest BCUT2D eigenvalue weighted by atomic mass is 10.0. The molecule has 0 saturated heterocycles. The summed E-state index contributed by atoms with van der Waals surface area (Å²) in [6, 6.07) is 1.70. The van der Waals surface area contributed by atoms with Crippen molar-refractivity contribution in [3.63, 3.8) is 0 Å². The van der Waals surface area contributed by atoms with Gasteiger partial charge in [0.05, 0.1) is 0 Å². The van der Waals surface area contributed by atoms with Crippen LogP contribution in [0.3, 0.4) is 0 Å². The topological polar surface area (TPSA) is 66.9 Å². The largest absolute Gasteiger partial charge is 0.354 e. The number of carbonyl (C=O) groups is 1. The molecule has 0 atom stereocenters. The van der Waals surface area contributed by atoms with Crippen LogP contribution in [0.5, 0.6) is 0 Å². The molecule has 1 amide bonds. The second-order valence-corrected chi connectivity index (χ2v) is 4.94. The maximum atomic E-state index is 12.1. The van der Waals surface area contributed by atoms with Crippen molar-refractivity contribution in [1.29, 1.82) is 0 Å². The average molecular weight is 250 g/mol. The first-order valence-electron chi connectivity index (χ1n) is 6.30. The highest BCUT2D eigenvalue weighted by Crippen LogP contribution is 2.10. The molecule has 1 aromatic heterocycles. The molecule has 0 bridgehead atoms. The Hall–Kier alpha value is -1.65. The molecule has 5 heteroatoms. The van der Waals surface area contributed by atoms with Crippen molar-refractivity contribution < 1.29 is 4.79 Å². The van der Waals surface area contributed by atoms with Gasteiger partial charge in [-0.25, -0.2) is 9.97 Å². The minimum absolute atomic E-state index is 0.161.